The molecule has 0 rings (SSSR count). The van der Waals surface area contributed by atoms with Crippen molar-refractivity contribution >= 4 is 5.96 Å². The molecule has 0 saturated carbocycles. The summed E-state index contributed by atoms with van der Waals surface area (Å²) in [5.41, 5.74) is 0. The zero-order chi connectivity index (χ0) is 12.8. The Morgan fingerprint density at radius 2 is 1.65 bits per heavy atom. The van der Waals surface area contributed by atoms with Crippen molar-refractivity contribution in [1.29, 1.82) is 0 Å². The fraction of sp³-hybridized carbons (Fsp3) is 0.909. The van der Waals surface area contributed by atoms with Gasteiger partial charge in [0.15, 0.2) is 5.96 Å². The molecule has 0 radical (unpaired) electrons. The van der Waals surface area contributed by atoms with E-state index in [2.05, 4.69) is 15.6 Å². The molecule has 6 heteroatoms. The van der Waals surface area contributed by atoms with Crippen molar-refractivity contribution in [2.24, 2.45) is 4.99 Å². The summed E-state index contributed by atoms with van der Waals surface area (Å²) >= 11 is 0. The largest absolute Gasteiger partial charge is 0.382 e. The van der Waals surface area contributed by atoms with E-state index < -0.39 is 0 Å². The topological polar surface area (TPSA) is 64.1 Å². The van der Waals surface area contributed by atoms with Crippen molar-refractivity contribution in [3.05, 3.63) is 0 Å². The van der Waals surface area contributed by atoms with Gasteiger partial charge in [0.1, 0.15) is 0 Å². The van der Waals surface area contributed by atoms with Gasteiger partial charge in [0.2, 0.25) is 0 Å². The normalized spacial score (nSPS) is 11.6. The average Bonchev–Trinajstić information content (AvgIpc) is 2.36. The molecule has 0 aromatic rings. The van der Waals surface area contributed by atoms with Crippen molar-refractivity contribution in [2.45, 2.75) is 6.92 Å². The van der Waals surface area contributed by atoms with Crippen molar-refractivity contribution in [3.63, 3.8) is 0 Å². The summed E-state index contributed by atoms with van der Waals surface area (Å²) in [5.74, 6) is 0.764. The molecule has 0 aromatic heterocycles. The van der Waals surface area contributed by atoms with Crippen molar-refractivity contribution in [1.82, 2.24) is 10.6 Å². The average molecular weight is 247 g/mol. The number of hydrogen-bond donors (Lipinski definition) is 2. The molecule has 0 fully saturated rings. The zero-order valence-corrected chi connectivity index (χ0v) is 11.1. The smallest absolute Gasteiger partial charge is 0.191 e. The number of nitrogens with zero attached hydrogens (tertiary/aromatic N) is 1. The fourth-order valence-electron chi connectivity index (χ4n) is 1.09. The Balaban J connectivity index is 3.36. The van der Waals surface area contributed by atoms with Gasteiger partial charge in [-0.1, -0.05) is 0 Å². The van der Waals surface area contributed by atoms with Crippen LogP contribution in [0.3, 0.4) is 0 Å². The van der Waals surface area contributed by atoms with Crippen LogP contribution in [0.2, 0.25) is 0 Å². The minimum absolute atomic E-state index is 0.620. The Kier molecular flexibility index (Phi) is 12.6. The van der Waals surface area contributed by atoms with Crippen LogP contribution in [0.25, 0.3) is 0 Å². The molecule has 0 amide bonds. The van der Waals surface area contributed by atoms with Crippen LogP contribution in [-0.2, 0) is 14.2 Å². The van der Waals surface area contributed by atoms with Crippen LogP contribution >= 0.6 is 0 Å². The van der Waals surface area contributed by atoms with Gasteiger partial charge in [-0.05, 0) is 6.92 Å². The SMILES string of the molecule is CCOCCNC(=NC)NCCOCCOC. The van der Waals surface area contributed by atoms with Crippen LogP contribution in [-0.4, -0.2) is 66.2 Å². The lowest BCUT2D eigenvalue weighted by Crippen LogP contribution is -2.40. The van der Waals surface area contributed by atoms with Gasteiger partial charge in [-0.25, -0.2) is 0 Å². The second kappa shape index (κ2) is 13.2. The second-order valence-corrected chi connectivity index (χ2v) is 3.23. The van der Waals surface area contributed by atoms with Crippen LogP contribution in [0.5, 0.6) is 0 Å². The van der Waals surface area contributed by atoms with Gasteiger partial charge in [-0.3, -0.25) is 4.99 Å². The highest BCUT2D eigenvalue weighted by Gasteiger charge is 1.95. The molecular weight excluding hydrogens is 222 g/mol. The summed E-state index contributed by atoms with van der Waals surface area (Å²) < 4.78 is 15.4. The molecule has 0 saturated heterocycles. The van der Waals surface area contributed by atoms with Crippen LogP contribution < -0.4 is 10.6 Å². The Morgan fingerprint density at radius 3 is 2.18 bits per heavy atom. The maximum absolute atomic E-state index is 5.32. The first kappa shape index (κ1) is 16.1. The number of ether oxygens (including phenoxy) is 3. The highest BCUT2D eigenvalue weighted by atomic mass is 16.5. The summed E-state index contributed by atoms with van der Waals surface area (Å²) in [6.45, 7) is 6.74. The molecule has 0 unspecified atom stereocenters. The first-order valence-corrected chi connectivity index (χ1v) is 5.94. The quantitative estimate of drug-likeness (QED) is 0.319. The summed E-state index contributed by atoms with van der Waals surface area (Å²) in [6.07, 6.45) is 0. The van der Waals surface area contributed by atoms with E-state index in [-0.39, 0.29) is 0 Å². The standard InChI is InChI=1S/C11H25N3O3/c1-4-16-7-5-13-11(12-2)14-6-8-17-10-9-15-3/h4-10H2,1-3H3,(H2,12,13,14). The Labute approximate surface area is 104 Å². The third kappa shape index (κ3) is 11.4. The fourth-order valence-corrected chi connectivity index (χ4v) is 1.09. The van der Waals surface area contributed by atoms with E-state index in [1.54, 1.807) is 14.2 Å². The predicted molar refractivity (Wildman–Crippen MR) is 68.6 cm³/mol. The Bertz CT molecular complexity index is 189. The van der Waals surface area contributed by atoms with Crippen molar-refractivity contribution < 1.29 is 14.2 Å². The number of hydrogen-bond acceptors (Lipinski definition) is 4. The van der Waals surface area contributed by atoms with E-state index in [4.69, 9.17) is 14.2 Å². The van der Waals surface area contributed by atoms with E-state index in [1.165, 1.54) is 0 Å². The molecule has 0 heterocycles. The van der Waals surface area contributed by atoms with Crippen LogP contribution in [0.4, 0.5) is 0 Å². The van der Waals surface area contributed by atoms with Crippen LogP contribution in [0.15, 0.2) is 4.99 Å². The van der Waals surface area contributed by atoms with Gasteiger partial charge in [0, 0.05) is 33.9 Å². The van der Waals surface area contributed by atoms with Crippen molar-refractivity contribution in [2.75, 3.05) is 60.3 Å². The molecule has 0 aliphatic heterocycles. The zero-order valence-electron chi connectivity index (χ0n) is 11.1. The van der Waals surface area contributed by atoms with E-state index in [0.29, 0.717) is 26.4 Å². The van der Waals surface area contributed by atoms with Gasteiger partial charge in [0.25, 0.3) is 0 Å². The van der Waals surface area contributed by atoms with Gasteiger partial charge in [-0.2, -0.15) is 0 Å². The van der Waals surface area contributed by atoms with Crippen LogP contribution in [0.1, 0.15) is 6.92 Å². The summed E-state index contributed by atoms with van der Waals surface area (Å²) in [7, 11) is 3.40. The Morgan fingerprint density at radius 1 is 1.00 bits per heavy atom. The lowest BCUT2D eigenvalue weighted by molar-refractivity contribution is 0.0733. The van der Waals surface area contributed by atoms with Crippen LogP contribution in [0, 0.1) is 0 Å². The lowest BCUT2D eigenvalue weighted by Gasteiger charge is -2.11. The molecule has 0 aliphatic carbocycles. The summed E-state index contributed by atoms with van der Waals surface area (Å²) in [6, 6.07) is 0. The van der Waals surface area contributed by atoms with E-state index in [1.807, 2.05) is 6.92 Å². The first-order valence-electron chi connectivity index (χ1n) is 5.94. The molecule has 0 spiro atoms. The number of methoxy groups -OCH3 is 1. The summed E-state index contributed by atoms with van der Waals surface area (Å²) in [4.78, 5) is 4.08. The third-order valence-corrected chi connectivity index (χ3v) is 1.94. The van der Waals surface area contributed by atoms with Gasteiger partial charge in [-0.15, -0.1) is 0 Å². The maximum Gasteiger partial charge on any atom is 0.191 e. The monoisotopic (exact) mass is 247 g/mol. The van der Waals surface area contributed by atoms with E-state index in [0.717, 1.165) is 25.7 Å². The third-order valence-electron chi connectivity index (χ3n) is 1.94. The number of rotatable bonds is 10. The Hall–Kier alpha value is -0.850. The second-order valence-electron chi connectivity index (χ2n) is 3.23. The van der Waals surface area contributed by atoms with Gasteiger partial charge in [0.05, 0.1) is 26.4 Å². The number of nitrogens with one attached hydrogen (secondary N) is 2. The maximum atomic E-state index is 5.32. The van der Waals surface area contributed by atoms with Crippen molar-refractivity contribution in [3.8, 4) is 0 Å². The predicted octanol–water partition coefficient (Wildman–Crippen LogP) is -0.149. The number of guanidine groups is 1. The molecule has 0 bridgehead atoms. The highest BCUT2D eigenvalue weighted by molar-refractivity contribution is 5.79. The summed E-state index contributed by atoms with van der Waals surface area (Å²) in [5, 5.41) is 6.28. The molecule has 102 valence electrons. The highest BCUT2D eigenvalue weighted by Crippen LogP contribution is 1.76. The molecule has 17 heavy (non-hydrogen) atoms. The first-order chi connectivity index (χ1) is 8.35. The molecule has 0 aromatic carbocycles. The molecular formula is C11H25N3O3. The van der Waals surface area contributed by atoms with Gasteiger partial charge >= 0.3 is 0 Å². The molecule has 0 aliphatic rings. The molecule has 0 atom stereocenters. The number of aliphatic imine (C=N–C) groups is 1. The molecule has 6 nitrogen and oxygen atoms in total. The van der Waals surface area contributed by atoms with E-state index >= 15 is 0 Å². The minimum atomic E-state index is 0.620. The van der Waals surface area contributed by atoms with E-state index in [9.17, 15) is 0 Å². The molecule has 2 N–H and O–H groups in total. The van der Waals surface area contributed by atoms with Gasteiger partial charge < -0.3 is 24.8 Å². The minimum Gasteiger partial charge on any atom is -0.382 e. The lowest BCUT2D eigenvalue weighted by atomic mass is 10.6.